The summed E-state index contributed by atoms with van der Waals surface area (Å²) >= 11 is 0. The average molecular weight is 225 g/mol. The molecule has 1 aromatic rings. The van der Waals surface area contributed by atoms with Gasteiger partial charge in [-0.25, -0.2) is 0 Å². The number of hydrogen-bond donors (Lipinski definition) is 1. The molecule has 0 fully saturated rings. The molecule has 84 valence electrons. The molecule has 0 aliphatic carbocycles. The van der Waals surface area contributed by atoms with Crippen LogP contribution in [0.2, 0.25) is 0 Å². The van der Waals surface area contributed by atoms with Crippen LogP contribution in [0.4, 0.5) is 5.69 Å². The van der Waals surface area contributed by atoms with Crippen molar-refractivity contribution >= 4 is 16.5 Å². The minimum absolute atomic E-state index is 0.522. The third kappa shape index (κ3) is 4.04. The smallest absolute Gasteiger partial charge is 0.0532 e. The molecule has 2 unspecified atom stereocenters. The van der Waals surface area contributed by atoms with Crippen LogP contribution in [-0.4, -0.2) is 9.96 Å². The third-order valence-corrected chi connectivity index (χ3v) is 4.03. The SMILES string of the molecule is CCCC(C)CS(=O)c1ccc(N)cc1. The van der Waals surface area contributed by atoms with Gasteiger partial charge in [0.2, 0.25) is 0 Å². The molecule has 1 aromatic carbocycles. The molecule has 0 saturated carbocycles. The van der Waals surface area contributed by atoms with Crippen LogP contribution in [-0.2, 0) is 10.8 Å². The molecule has 0 aromatic heterocycles. The van der Waals surface area contributed by atoms with E-state index in [0.717, 1.165) is 29.2 Å². The predicted octanol–water partition coefficient (Wildman–Crippen LogP) is 2.81. The van der Waals surface area contributed by atoms with Gasteiger partial charge in [-0.1, -0.05) is 26.7 Å². The Morgan fingerprint density at radius 2 is 1.93 bits per heavy atom. The van der Waals surface area contributed by atoms with Crippen molar-refractivity contribution < 1.29 is 4.21 Å². The van der Waals surface area contributed by atoms with Crippen molar-refractivity contribution in [3.05, 3.63) is 24.3 Å². The van der Waals surface area contributed by atoms with E-state index >= 15 is 0 Å². The number of nitrogens with two attached hydrogens (primary N) is 1. The van der Waals surface area contributed by atoms with Crippen LogP contribution in [0.25, 0.3) is 0 Å². The van der Waals surface area contributed by atoms with Gasteiger partial charge in [-0.15, -0.1) is 0 Å². The molecular weight excluding hydrogens is 206 g/mol. The van der Waals surface area contributed by atoms with Crippen molar-refractivity contribution in [1.82, 2.24) is 0 Å². The first-order valence-corrected chi connectivity index (χ1v) is 6.69. The van der Waals surface area contributed by atoms with Crippen LogP contribution < -0.4 is 5.73 Å². The van der Waals surface area contributed by atoms with Gasteiger partial charge < -0.3 is 5.73 Å². The summed E-state index contributed by atoms with van der Waals surface area (Å²) in [5.41, 5.74) is 6.30. The summed E-state index contributed by atoms with van der Waals surface area (Å²) in [7, 11) is -0.879. The Hall–Kier alpha value is -0.830. The summed E-state index contributed by atoms with van der Waals surface area (Å²) < 4.78 is 11.9. The maximum Gasteiger partial charge on any atom is 0.0532 e. The van der Waals surface area contributed by atoms with Gasteiger partial charge in [0.05, 0.1) is 10.8 Å². The highest BCUT2D eigenvalue weighted by molar-refractivity contribution is 7.85. The highest BCUT2D eigenvalue weighted by Gasteiger charge is 2.08. The van der Waals surface area contributed by atoms with E-state index in [-0.39, 0.29) is 0 Å². The fraction of sp³-hybridized carbons (Fsp3) is 0.500. The fourth-order valence-electron chi connectivity index (χ4n) is 1.55. The van der Waals surface area contributed by atoms with Crippen LogP contribution in [0.5, 0.6) is 0 Å². The lowest BCUT2D eigenvalue weighted by Gasteiger charge is -2.09. The molecule has 3 heteroatoms. The molecule has 0 saturated heterocycles. The molecular formula is C12H19NOS. The van der Waals surface area contributed by atoms with Crippen molar-refractivity contribution in [2.75, 3.05) is 11.5 Å². The zero-order valence-corrected chi connectivity index (χ0v) is 10.2. The van der Waals surface area contributed by atoms with Crippen LogP contribution in [0.15, 0.2) is 29.2 Å². The molecule has 0 aliphatic heterocycles. The first-order chi connectivity index (χ1) is 7.13. The molecule has 0 bridgehead atoms. The van der Waals surface area contributed by atoms with Gasteiger partial charge in [-0.3, -0.25) is 4.21 Å². The minimum atomic E-state index is -0.879. The summed E-state index contributed by atoms with van der Waals surface area (Å²) in [5, 5.41) is 0. The van der Waals surface area contributed by atoms with Crippen molar-refractivity contribution in [3.8, 4) is 0 Å². The zero-order valence-electron chi connectivity index (χ0n) is 9.40. The van der Waals surface area contributed by atoms with Crippen molar-refractivity contribution in [3.63, 3.8) is 0 Å². The Morgan fingerprint density at radius 1 is 1.33 bits per heavy atom. The van der Waals surface area contributed by atoms with Crippen molar-refractivity contribution in [1.29, 1.82) is 0 Å². The van der Waals surface area contributed by atoms with Gasteiger partial charge in [-0.2, -0.15) is 0 Å². The largest absolute Gasteiger partial charge is 0.399 e. The normalized spacial score (nSPS) is 14.8. The van der Waals surface area contributed by atoms with Crippen molar-refractivity contribution in [2.24, 2.45) is 5.92 Å². The topological polar surface area (TPSA) is 43.1 Å². The zero-order chi connectivity index (χ0) is 11.3. The predicted molar refractivity (Wildman–Crippen MR) is 66.2 cm³/mol. The average Bonchev–Trinajstić information content (AvgIpc) is 2.18. The lowest BCUT2D eigenvalue weighted by molar-refractivity contribution is 0.574. The molecule has 2 atom stereocenters. The number of nitrogen functional groups attached to an aromatic ring is 1. The van der Waals surface area contributed by atoms with Gasteiger partial charge in [-0.05, 0) is 30.2 Å². The van der Waals surface area contributed by atoms with E-state index in [4.69, 9.17) is 5.73 Å². The number of benzene rings is 1. The van der Waals surface area contributed by atoms with E-state index in [9.17, 15) is 4.21 Å². The van der Waals surface area contributed by atoms with Gasteiger partial charge in [0, 0.05) is 16.3 Å². The fourth-order valence-corrected chi connectivity index (χ4v) is 2.87. The summed E-state index contributed by atoms with van der Waals surface area (Å²) in [6.45, 7) is 4.31. The first-order valence-electron chi connectivity index (χ1n) is 5.37. The Morgan fingerprint density at radius 3 is 2.47 bits per heavy atom. The molecule has 0 spiro atoms. The van der Waals surface area contributed by atoms with Crippen LogP contribution >= 0.6 is 0 Å². The number of anilines is 1. The maximum atomic E-state index is 11.9. The summed E-state index contributed by atoms with van der Waals surface area (Å²) in [4.78, 5) is 0.882. The second-order valence-corrected chi connectivity index (χ2v) is 5.47. The lowest BCUT2D eigenvalue weighted by Crippen LogP contribution is -2.07. The van der Waals surface area contributed by atoms with E-state index in [1.54, 1.807) is 12.1 Å². The lowest BCUT2D eigenvalue weighted by atomic mass is 10.1. The van der Waals surface area contributed by atoms with Gasteiger partial charge in [0.25, 0.3) is 0 Å². The molecule has 15 heavy (non-hydrogen) atoms. The quantitative estimate of drug-likeness (QED) is 0.783. The monoisotopic (exact) mass is 225 g/mol. The van der Waals surface area contributed by atoms with E-state index in [1.807, 2.05) is 12.1 Å². The number of hydrogen-bond acceptors (Lipinski definition) is 2. The van der Waals surface area contributed by atoms with Gasteiger partial charge in [0.15, 0.2) is 0 Å². The molecule has 2 N–H and O–H groups in total. The van der Waals surface area contributed by atoms with Crippen LogP contribution in [0, 0.1) is 5.92 Å². The maximum absolute atomic E-state index is 11.9. The summed E-state index contributed by atoms with van der Waals surface area (Å²) in [6, 6.07) is 7.31. The highest BCUT2D eigenvalue weighted by atomic mass is 32.2. The molecule has 0 heterocycles. The summed E-state index contributed by atoms with van der Waals surface area (Å²) in [5.74, 6) is 1.27. The van der Waals surface area contributed by atoms with Crippen molar-refractivity contribution in [2.45, 2.75) is 31.6 Å². The van der Waals surface area contributed by atoms with Crippen LogP contribution in [0.1, 0.15) is 26.7 Å². The second-order valence-electron chi connectivity index (χ2n) is 3.98. The summed E-state index contributed by atoms with van der Waals surface area (Å²) in [6.07, 6.45) is 2.29. The Balaban J connectivity index is 2.57. The van der Waals surface area contributed by atoms with Crippen LogP contribution in [0.3, 0.4) is 0 Å². The van der Waals surface area contributed by atoms with Gasteiger partial charge >= 0.3 is 0 Å². The molecule has 0 amide bonds. The molecule has 1 rings (SSSR count). The molecule has 2 nitrogen and oxygen atoms in total. The molecule has 0 radical (unpaired) electrons. The minimum Gasteiger partial charge on any atom is -0.399 e. The second kappa shape index (κ2) is 5.91. The van der Waals surface area contributed by atoms with E-state index in [2.05, 4.69) is 13.8 Å². The Bertz CT molecular complexity index is 321. The number of rotatable bonds is 5. The third-order valence-electron chi connectivity index (χ3n) is 2.36. The highest BCUT2D eigenvalue weighted by Crippen LogP contribution is 2.14. The van der Waals surface area contributed by atoms with E-state index in [1.165, 1.54) is 0 Å². The molecule has 0 aliphatic rings. The Labute approximate surface area is 94.3 Å². The Kier molecular flexibility index (Phi) is 4.82. The van der Waals surface area contributed by atoms with Gasteiger partial charge in [0.1, 0.15) is 0 Å². The van der Waals surface area contributed by atoms with E-state index in [0.29, 0.717) is 5.92 Å². The first kappa shape index (κ1) is 12.2. The standard InChI is InChI=1S/C12H19NOS/c1-3-4-10(2)9-15(14)12-7-5-11(13)6-8-12/h5-8,10H,3-4,9,13H2,1-2H3. The van der Waals surface area contributed by atoms with E-state index < -0.39 is 10.8 Å².